The topological polar surface area (TPSA) is 134 Å². The van der Waals surface area contributed by atoms with Crippen LogP contribution in [0.25, 0.3) is 27.5 Å². The van der Waals surface area contributed by atoms with Gasteiger partial charge in [0.25, 0.3) is 5.56 Å². The summed E-state index contributed by atoms with van der Waals surface area (Å²) in [5.74, 6) is -1.42. The zero-order valence-corrected chi connectivity index (χ0v) is 18.9. The zero-order chi connectivity index (χ0) is 24.7. The molecule has 5 rings (SSSR count). The summed E-state index contributed by atoms with van der Waals surface area (Å²) in [6.07, 6.45) is 3.55. The number of amides is 2. The van der Waals surface area contributed by atoms with Crippen molar-refractivity contribution in [1.29, 1.82) is 0 Å². The minimum atomic E-state index is -1.42. The van der Waals surface area contributed by atoms with Crippen molar-refractivity contribution in [2.75, 3.05) is 4.90 Å². The fourth-order valence-electron chi connectivity index (χ4n) is 4.03. The smallest absolute Gasteiger partial charge is 0.360 e. The molecule has 0 aliphatic carbocycles. The minimum absolute atomic E-state index is 0.219. The molecule has 0 atom stereocenters. The van der Waals surface area contributed by atoms with Gasteiger partial charge in [-0.05, 0) is 35.2 Å². The number of halogens is 1. The number of nitrogens with zero attached hydrogens (tertiary/aromatic N) is 3. The van der Waals surface area contributed by atoms with Crippen molar-refractivity contribution in [1.82, 2.24) is 14.5 Å². The van der Waals surface area contributed by atoms with Crippen molar-refractivity contribution in [3.05, 3.63) is 99.7 Å². The lowest BCUT2D eigenvalue weighted by Gasteiger charge is -2.22. The number of carboxylic acid groups (broad SMARTS) is 1. The molecule has 0 aliphatic rings. The number of carboxylic acids is 1. The number of nitrogens with two attached hydrogens (primary N) is 1. The van der Waals surface area contributed by atoms with Crippen LogP contribution < -0.4 is 16.2 Å². The highest BCUT2D eigenvalue weighted by Gasteiger charge is 2.18. The molecular weight excluding hydrogens is 470 g/mol. The molecule has 0 aliphatic heterocycles. The number of hydrogen-bond donors (Lipinski definition) is 3. The largest absolute Gasteiger partial charge is 0.476 e. The Kier molecular flexibility index (Phi) is 5.46. The predicted octanol–water partition coefficient (Wildman–Crippen LogP) is 4.30. The number of rotatable bonds is 5. The predicted molar refractivity (Wildman–Crippen MR) is 133 cm³/mol. The standard InChI is InChI=1S/C25H18ClN5O4/c26-17-10-18-19(28-22(24(33)34)23(32)29-18)11-21(17)30-9-8-14(12-30)13-31(25(27)35)20-7-3-5-15-4-1-2-6-16(15)20/h1-12H,13H2,(H2,27,35)(H,29,32)(H,33,34). The summed E-state index contributed by atoms with van der Waals surface area (Å²) in [5.41, 5.74) is 6.92. The second kappa shape index (κ2) is 8.62. The summed E-state index contributed by atoms with van der Waals surface area (Å²) in [5, 5.41) is 11.4. The average Bonchev–Trinajstić information content (AvgIpc) is 3.29. The van der Waals surface area contributed by atoms with E-state index in [4.69, 9.17) is 17.3 Å². The maximum absolute atomic E-state index is 12.4. The average molecular weight is 488 g/mol. The van der Waals surface area contributed by atoms with E-state index in [1.165, 1.54) is 11.0 Å². The molecule has 0 unspecified atom stereocenters. The number of anilines is 1. The number of benzene rings is 3. The third kappa shape index (κ3) is 4.09. The molecule has 9 nitrogen and oxygen atoms in total. The Morgan fingerprint density at radius 1 is 1.11 bits per heavy atom. The number of aromatic carboxylic acids is 1. The highest BCUT2D eigenvalue weighted by Crippen LogP contribution is 2.29. The highest BCUT2D eigenvalue weighted by molar-refractivity contribution is 6.33. The van der Waals surface area contributed by atoms with Crippen LogP contribution in [0.4, 0.5) is 10.5 Å². The molecule has 2 aromatic heterocycles. The highest BCUT2D eigenvalue weighted by atomic mass is 35.5. The molecule has 0 saturated heterocycles. The second-order valence-electron chi connectivity index (χ2n) is 7.89. The van der Waals surface area contributed by atoms with E-state index in [1.807, 2.05) is 48.5 Å². The number of primary amides is 1. The van der Waals surface area contributed by atoms with Gasteiger partial charge in [0, 0.05) is 17.8 Å². The van der Waals surface area contributed by atoms with Gasteiger partial charge in [0.05, 0.1) is 34.0 Å². The first kappa shape index (κ1) is 22.2. The Bertz CT molecular complexity index is 1690. The third-order valence-corrected chi connectivity index (χ3v) is 5.96. The van der Waals surface area contributed by atoms with Crippen LogP contribution in [0.15, 0.2) is 77.9 Å². The number of nitrogens with one attached hydrogen (secondary N) is 1. The maximum Gasteiger partial charge on any atom is 0.360 e. The van der Waals surface area contributed by atoms with E-state index in [0.717, 1.165) is 16.3 Å². The third-order valence-electron chi connectivity index (χ3n) is 5.66. The Morgan fingerprint density at radius 2 is 1.89 bits per heavy atom. The quantitative estimate of drug-likeness (QED) is 0.339. The molecule has 2 heterocycles. The Morgan fingerprint density at radius 3 is 2.66 bits per heavy atom. The van der Waals surface area contributed by atoms with Crippen LogP contribution >= 0.6 is 11.6 Å². The molecule has 10 heteroatoms. The Labute approximate surface area is 203 Å². The number of carbonyl (C=O) groups excluding carboxylic acids is 1. The number of aromatic amines is 1. The van der Waals surface area contributed by atoms with Crippen molar-refractivity contribution in [2.24, 2.45) is 5.73 Å². The summed E-state index contributed by atoms with van der Waals surface area (Å²) in [6.45, 7) is 0.219. The number of hydrogen-bond acceptors (Lipinski definition) is 4. The van der Waals surface area contributed by atoms with Gasteiger partial charge in [-0.25, -0.2) is 14.6 Å². The molecule has 0 fully saturated rings. The number of carbonyl (C=O) groups is 2. The summed E-state index contributed by atoms with van der Waals surface area (Å²) >= 11 is 6.45. The molecule has 0 spiro atoms. The van der Waals surface area contributed by atoms with E-state index < -0.39 is 23.3 Å². The van der Waals surface area contributed by atoms with Crippen LogP contribution in [0.5, 0.6) is 0 Å². The SMILES string of the molecule is NC(=O)N(Cc1ccn(-c2cc3nc(C(=O)O)c(=O)[nH]c3cc2Cl)c1)c1cccc2ccccc12. The normalized spacial score (nSPS) is 11.1. The summed E-state index contributed by atoms with van der Waals surface area (Å²) in [7, 11) is 0. The fourth-order valence-corrected chi connectivity index (χ4v) is 4.29. The van der Waals surface area contributed by atoms with E-state index >= 15 is 0 Å². The van der Waals surface area contributed by atoms with Crippen LogP contribution in [0, 0.1) is 0 Å². The van der Waals surface area contributed by atoms with Crippen LogP contribution in [-0.2, 0) is 6.54 Å². The van der Waals surface area contributed by atoms with Crippen molar-refractivity contribution < 1.29 is 14.7 Å². The lowest BCUT2D eigenvalue weighted by Crippen LogP contribution is -2.35. The molecule has 3 aromatic carbocycles. The molecule has 0 radical (unpaired) electrons. The number of urea groups is 1. The molecule has 0 bridgehead atoms. The van der Waals surface area contributed by atoms with Crippen molar-refractivity contribution in [2.45, 2.75) is 6.54 Å². The zero-order valence-electron chi connectivity index (χ0n) is 18.1. The molecule has 4 N–H and O–H groups in total. The first-order chi connectivity index (χ1) is 16.8. The van der Waals surface area contributed by atoms with E-state index in [9.17, 15) is 19.5 Å². The lowest BCUT2D eigenvalue weighted by atomic mass is 10.1. The summed E-state index contributed by atoms with van der Waals surface area (Å²) < 4.78 is 1.73. The fraction of sp³-hybridized carbons (Fsp3) is 0.0400. The first-order valence-electron chi connectivity index (χ1n) is 10.5. The molecule has 174 valence electrons. The number of fused-ring (bicyclic) bond motifs is 2. The molecule has 2 amide bonds. The summed E-state index contributed by atoms with van der Waals surface area (Å²) in [6, 6.07) is 17.7. The molecular formula is C25H18ClN5O4. The van der Waals surface area contributed by atoms with Gasteiger partial charge in [-0.15, -0.1) is 0 Å². The van der Waals surface area contributed by atoms with Gasteiger partial charge >= 0.3 is 12.0 Å². The van der Waals surface area contributed by atoms with Crippen LogP contribution in [-0.4, -0.2) is 31.6 Å². The molecule has 35 heavy (non-hydrogen) atoms. The molecule has 0 saturated carbocycles. The number of aromatic nitrogens is 3. The van der Waals surface area contributed by atoms with Crippen molar-refractivity contribution in [3.63, 3.8) is 0 Å². The van der Waals surface area contributed by atoms with E-state index in [2.05, 4.69) is 9.97 Å². The minimum Gasteiger partial charge on any atom is -0.476 e. The maximum atomic E-state index is 12.4. The van der Waals surface area contributed by atoms with Crippen LogP contribution in [0.3, 0.4) is 0 Å². The second-order valence-corrected chi connectivity index (χ2v) is 8.30. The lowest BCUT2D eigenvalue weighted by molar-refractivity contribution is 0.0689. The van der Waals surface area contributed by atoms with Crippen molar-refractivity contribution >= 4 is 51.1 Å². The van der Waals surface area contributed by atoms with Crippen molar-refractivity contribution in [3.8, 4) is 5.69 Å². The van der Waals surface area contributed by atoms with Gasteiger partial charge in [0.1, 0.15) is 0 Å². The van der Waals surface area contributed by atoms with Gasteiger partial charge in [-0.2, -0.15) is 0 Å². The summed E-state index contributed by atoms with van der Waals surface area (Å²) in [4.78, 5) is 43.5. The monoisotopic (exact) mass is 487 g/mol. The Balaban J connectivity index is 1.52. The van der Waals surface area contributed by atoms with E-state index in [1.54, 1.807) is 23.0 Å². The first-order valence-corrected chi connectivity index (χ1v) is 10.9. The van der Waals surface area contributed by atoms with Gasteiger partial charge in [0.2, 0.25) is 5.69 Å². The number of H-pyrrole nitrogens is 1. The Hall–Kier alpha value is -4.63. The van der Waals surface area contributed by atoms with Crippen LogP contribution in [0.2, 0.25) is 5.02 Å². The van der Waals surface area contributed by atoms with Gasteiger partial charge in [-0.3, -0.25) is 9.69 Å². The molecule has 5 aromatic rings. The van der Waals surface area contributed by atoms with E-state index in [0.29, 0.717) is 21.9 Å². The van der Waals surface area contributed by atoms with E-state index in [-0.39, 0.29) is 12.1 Å². The van der Waals surface area contributed by atoms with Crippen LogP contribution in [0.1, 0.15) is 16.1 Å². The van der Waals surface area contributed by atoms with Gasteiger partial charge < -0.3 is 20.4 Å². The van der Waals surface area contributed by atoms with Gasteiger partial charge in [0.15, 0.2) is 0 Å². The van der Waals surface area contributed by atoms with Gasteiger partial charge in [-0.1, -0.05) is 48.0 Å².